The fraction of sp³-hybridized carbons (Fsp3) is 0.100. The van der Waals surface area contributed by atoms with Crippen LogP contribution in [-0.4, -0.2) is 0 Å². The standard InChI is InChI=1S/C10H6BrNO/c1-6-2-7-4-8(5-12)13-10(7)9(11)3-6/h2-4H,1H3. The number of hydrogen-bond donors (Lipinski definition) is 0. The Hall–Kier alpha value is -1.27. The van der Waals surface area contributed by atoms with E-state index in [2.05, 4.69) is 15.9 Å². The molecule has 2 aromatic rings. The van der Waals surface area contributed by atoms with Crippen molar-refractivity contribution in [3.8, 4) is 6.07 Å². The van der Waals surface area contributed by atoms with Crippen LogP contribution in [0.3, 0.4) is 0 Å². The zero-order valence-electron chi connectivity index (χ0n) is 6.97. The minimum absolute atomic E-state index is 0.348. The predicted octanol–water partition coefficient (Wildman–Crippen LogP) is 3.38. The smallest absolute Gasteiger partial charge is 0.204 e. The molecule has 1 heterocycles. The van der Waals surface area contributed by atoms with Crippen molar-refractivity contribution in [1.82, 2.24) is 0 Å². The van der Waals surface area contributed by atoms with Crippen LogP contribution in [-0.2, 0) is 0 Å². The van der Waals surface area contributed by atoms with Crippen molar-refractivity contribution in [2.24, 2.45) is 0 Å². The van der Waals surface area contributed by atoms with Crippen molar-refractivity contribution in [3.63, 3.8) is 0 Å². The number of benzene rings is 1. The lowest BCUT2D eigenvalue weighted by Gasteiger charge is -1.94. The Bertz CT molecular complexity index is 507. The summed E-state index contributed by atoms with van der Waals surface area (Å²) in [7, 11) is 0. The van der Waals surface area contributed by atoms with E-state index < -0.39 is 0 Å². The van der Waals surface area contributed by atoms with Crippen molar-refractivity contribution >= 4 is 26.9 Å². The molecule has 0 bridgehead atoms. The van der Waals surface area contributed by atoms with Crippen LogP contribution in [0.1, 0.15) is 11.3 Å². The Morgan fingerprint density at radius 1 is 1.38 bits per heavy atom. The molecule has 1 aromatic heterocycles. The van der Waals surface area contributed by atoms with E-state index in [1.165, 1.54) is 0 Å². The van der Waals surface area contributed by atoms with Gasteiger partial charge in [0.05, 0.1) is 4.47 Å². The SMILES string of the molecule is Cc1cc(Br)c2oc(C#N)cc2c1. The van der Waals surface area contributed by atoms with Gasteiger partial charge in [0.2, 0.25) is 5.76 Å². The lowest BCUT2D eigenvalue weighted by Crippen LogP contribution is -1.72. The summed E-state index contributed by atoms with van der Waals surface area (Å²) in [5.41, 5.74) is 1.88. The maximum atomic E-state index is 8.64. The fourth-order valence-electron chi connectivity index (χ4n) is 1.31. The third kappa shape index (κ3) is 1.34. The average molecular weight is 236 g/mol. The van der Waals surface area contributed by atoms with Gasteiger partial charge in [-0.2, -0.15) is 5.26 Å². The third-order valence-corrected chi connectivity index (χ3v) is 2.41. The Labute approximate surface area is 83.9 Å². The molecule has 3 heteroatoms. The van der Waals surface area contributed by atoms with E-state index in [4.69, 9.17) is 9.68 Å². The number of hydrogen-bond acceptors (Lipinski definition) is 2. The van der Waals surface area contributed by atoms with Crippen LogP contribution in [0.5, 0.6) is 0 Å². The molecule has 0 saturated carbocycles. The van der Waals surface area contributed by atoms with E-state index in [1.807, 2.05) is 25.1 Å². The van der Waals surface area contributed by atoms with Crippen LogP contribution in [0.25, 0.3) is 11.0 Å². The van der Waals surface area contributed by atoms with Crippen molar-refractivity contribution in [2.75, 3.05) is 0 Å². The highest BCUT2D eigenvalue weighted by molar-refractivity contribution is 9.10. The number of fused-ring (bicyclic) bond motifs is 1. The van der Waals surface area contributed by atoms with Crippen molar-refractivity contribution in [3.05, 3.63) is 34.0 Å². The van der Waals surface area contributed by atoms with E-state index in [9.17, 15) is 0 Å². The van der Waals surface area contributed by atoms with Gasteiger partial charge < -0.3 is 4.42 Å². The van der Waals surface area contributed by atoms with Gasteiger partial charge in [0.15, 0.2) is 0 Å². The summed E-state index contributed by atoms with van der Waals surface area (Å²) < 4.78 is 6.19. The third-order valence-electron chi connectivity index (χ3n) is 1.83. The summed E-state index contributed by atoms with van der Waals surface area (Å²) in [6.07, 6.45) is 0. The van der Waals surface area contributed by atoms with Gasteiger partial charge in [-0.15, -0.1) is 0 Å². The lowest BCUT2D eigenvalue weighted by atomic mass is 10.2. The van der Waals surface area contributed by atoms with Gasteiger partial charge in [-0.05, 0) is 40.5 Å². The Morgan fingerprint density at radius 2 is 2.15 bits per heavy atom. The molecule has 0 aliphatic heterocycles. The first-order valence-corrected chi connectivity index (χ1v) is 4.60. The van der Waals surface area contributed by atoms with E-state index in [1.54, 1.807) is 6.07 Å². The number of halogens is 1. The maximum Gasteiger partial charge on any atom is 0.204 e. The van der Waals surface area contributed by atoms with Gasteiger partial charge in [-0.25, -0.2) is 0 Å². The molecular weight excluding hydrogens is 230 g/mol. The largest absolute Gasteiger partial charge is 0.444 e. The van der Waals surface area contributed by atoms with Crippen LogP contribution in [0.15, 0.2) is 27.1 Å². The van der Waals surface area contributed by atoms with Gasteiger partial charge >= 0.3 is 0 Å². The second-order valence-corrected chi connectivity index (χ2v) is 3.74. The second kappa shape index (κ2) is 2.90. The summed E-state index contributed by atoms with van der Waals surface area (Å²) in [5.74, 6) is 0.348. The van der Waals surface area contributed by atoms with E-state index in [0.29, 0.717) is 5.76 Å². The summed E-state index contributed by atoms with van der Waals surface area (Å²) in [5, 5.41) is 9.60. The van der Waals surface area contributed by atoms with Crippen LogP contribution in [0.4, 0.5) is 0 Å². The van der Waals surface area contributed by atoms with Crippen LogP contribution >= 0.6 is 15.9 Å². The highest BCUT2D eigenvalue weighted by atomic mass is 79.9. The molecule has 1 aromatic carbocycles. The Balaban J connectivity index is 2.84. The topological polar surface area (TPSA) is 36.9 Å². The molecule has 0 saturated heterocycles. The maximum absolute atomic E-state index is 8.64. The van der Waals surface area contributed by atoms with E-state index in [-0.39, 0.29) is 0 Å². The molecule has 0 amide bonds. The molecule has 2 rings (SSSR count). The number of aryl methyl sites for hydroxylation is 1. The monoisotopic (exact) mass is 235 g/mol. The first-order chi connectivity index (χ1) is 6.20. The fourth-order valence-corrected chi connectivity index (χ4v) is 1.98. The molecule has 0 aliphatic carbocycles. The average Bonchev–Trinajstić information content (AvgIpc) is 2.47. The predicted molar refractivity (Wildman–Crippen MR) is 53.4 cm³/mol. The molecule has 0 fully saturated rings. The minimum Gasteiger partial charge on any atom is -0.444 e. The first kappa shape index (κ1) is 8.33. The highest BCUT2D eigenvalue weighted by Crippen LogP contribution is 2.28. The van der Waals surface area contributed by atoms with Gasteiger partial charge in [0.25, 0.3) is 0 Å². The van der Waals surface area contributed by atoms with Gasteiger partial charge in [0, 0.05) is 11.5 Å². The molecule has 0 atom stereocenters. The first-order valence-electron chi connectivity index (χ1n) is 3.80. The summed E-state index contributed by atoms with van der Waals surface area (Å²) >= 11 is 3.39. The van der Waals surface area contributed by atoms with E-state index >= 15 is 0 Å². The minimum atomic E-state index is 0.348. The molecule has 13 heavy (non-hydrogen) atoms. The van der Waals surface area contributed by atoms with Crippen molar-refractivity contribution < 1.29 is 4.42 Å². The number of furan rings is 1. The molecule has 0 aliphatic rings. The molecule has 0 radical (unpaired) electrons. The lowest BCUT2D eigenvalue weighted by molar-refractivity contribution is 0.597. The highest BCUT2D eigenvalue weighted by Gasteiger charge is 2.06. The summed E-state index contributed by atoms with van der Waals surface area (Å²) in [4.78, 5) is 0. The molecule has 0 spiro atoms. The Morgan fingerprint density at radius 3 is 2.85 bits per heavy atom. The van der Waals surface area contributed by atoms with E-state index in [0.717, 1.165) is 21.0 Å². The molecular formula is C10H6BrNO. The zero-order valence-corrected chi connectivity index (χ0v) is 8.55. The summed E-state index contributed by atoms with van der Waals surface area (Å²) in [6.45, 7) is 2.00. The zero-order chi connectivity index (χ0) is 9.42. The molecule has 64 valence electrons. The summed E-state index contributed by atoms with van der Waals surface area (Å²) in [6, 6.07) is 7.67. The Kier molecular flexibility index (Phi) is 1.86. The van der Waals surface area contributed by atoms with Gasteiger partial charge in [-0.1, -0.05) is 0 Å². The molecule has 0 N–H and O–H groups in total. The normalized spacial score (nSPS) is 10.2. The van der Waals surface area contributed by atoms with Crippen LogP contribution in [0.2, 0.25) is 0 Å². The van der Waals surface area contributed by atoms with Gasteiger partial charge in [-0.3, -0.25) is 0 Å². The van der Waals surface area contributed by atoms with Crippen LogP contribution < -0.4 is 0 Å². The number of rotatable bonds is 0. The molecule has 0 unspecified atom stereocenters. The quantitative estimate of drug-likeness (QED) is 0.703. The number of nitriles is 1. The second-order valence-electron chi connectivity index (χ2n) is 2.89. The van der Waals surface area contributed by atoms with Crippen molar-refractivity contribution in [1.29, 1.82) is 5.26 Å². The van der Waals surface area contributed by atoms with Crippen molar-refractivity contribution in [2.45, 2.75) is 6.92 Å². The van der Waals surface area contributed by atoms with Gasteiger partial charge in [0.1, 0.15) is 11.7 Å². The van der Waals surface area contributed by atoms with Crippen LogP contribution in [0, 0.1) is 18.3 Å². The number of nitrogens with zero attached hydrogens (tertiary/aromatic N) is 1. The molecule has 2 nitrogen and oxygen atoms in total.